The Balaban J connectivity index is 1.62. The lowest BCUT2D eigenvalue weighted by Crippen LogP contribution is -2.48. The molecule has 1 aromatic heterocycles. The molecule has 2 bridgehead atoms. The van der Waals surface area contributed by atoms with Crippen LogP contribution in [0.3, 0.4) is 0 Å². The predicted molar refractivity (Wildman–Crippen MR) is 70.4 cm³/mol. The second kappa shape index (κ2) is 4.35. The maximum absolute atomic E-state index is 4.43. The molecule has 1 aromatic rings. The van der Waals surface area contributed by atoms with Crippen molar-refractivity contribution in [1.82, 2.24) is 19.8 Å². The van der Waals surface area contributed by atoms with Crippen molar-refractivity contribution >= 4 is 0 Å². The molecule has 4 saturated heterocycles. The summed E-state index contributed by atoms with van der Waals surface area (Å²) in [5.41, 5.74) is 1.42. The molecule has 1 N–H and O–H groups in total. The molecule has 0 radical (unpaired) electrons. The van der Waals surface area contributed by atoms with Crippen LogP contribution in [0.1, 0.15) is 43.5 Å². The summed E-state index contributed by atoms with van der Waals surface area (Å²) in [6.45, 7) is 5.02. The minimum atomic E-state index is 0.544. The smallest absolute Gasteiger partial charge is 0.0951 e. The number of hydrogen-bond donors (Lipinski definition) is 1. The molecule has 4 aliphatic rings. The maximum Gasteiger partial charge on any atom is 0.0951 e. The lowest BCUT2D eigenvalue weighted by Gasteiger charge is -2.45. The van der Waals surface area contributed by atoms with Crippen molar-refractivity contribution in [2.24, 2.45) is 5.92 Å². The highest BCUT2D eigenvalue weighted by molar-refractivity contribution is 5.10. The number of rotatable bonds is 2. The molecule has 2 unspecified atom stereocenters. The molecule has 5 rings (SSSR count). The summed E-state index contributed by atoms with van der Waals surface area (Å²) in [6.07, 6.45) is 9.48. The van der Waals surface area contributed by atoms with E-state index in [2.05, 4.69) is 32.3 Å². The standard InChI is InChI=1S/C14H22N4/c1-2-12(16-5-1)13-8-15-10-18(13)14-9-17-6-3-11(14)4-7-17/h8,10-12,14,16H,1-7,9H2. The van der Waals surface area contributed by atoms with Crippen molar-refractivity contribution in [2.45, 2.75) is 37.8 Å². The first-order chi connectivity index (χ1) is 8.92. The zero-order valence-corrected chi connectivity index (χ0v) is 10.9. The molecule has 5 heterocycles. The van der Waals surface area contributed by atoms with Gasteiger partial charge in [0.25, 0.3) is 0 Å². The van der Waals surface area contributed by atoms with Gasteiger partial charge in [0.15, 0.2) is 0 Å². The van der Waals surface area contributed by atoms with Crippen LogP contribution in [-0.4, -0.2) is 40.6 Å². The lowest BCUT2D eigenvalue weighted by atomic mass is 9.83. The SMILES string of the molecule is c1ncn(C2CN3CCC2CC3)c1C1CCCN1. The largest absolute Gasteiger partial charge is 0.328 e. The third kappa shape index (κ3) is 1.70. The molecule has 0 spiro atoms. The van der Waals surface area contributed by atoms with E-state index < -0.39 is 0 Å². The van der Waals surface area contributed by atoms with Gasteiger partial charge in [-0.05, 0) is 51.2 Å². The van der Waals surface area contributed by atoms with E-state index in [0.717, 1.165) is 12.5 Å². The average Bonchev–Trinajstić information content (AvgIpc) is 3.11. The first kappa shape index (κ1) is 11.0. The minimum absolute atomic E-state index is 0.544. The number of nitrogens with one attached hydrogen (secondary N) is 1. The van der Waals surface area contributed by atoms with E-state index >= 15 is 0 Å². The van der Waals surface area contributed by atoms with Crippen LogP contribution in [0.15, 0.2) is 12.5 Å². The van der Waals surface area contributed by atoms with Crippen molar-refractivity contribution in [3.63, 3.8) is 0 Å². The molecule has 0 amide bonds. The highest BCUT2D eigenvalue weighted by atomic mass is 15.2. The van der Waals surface area contributed by atoms with Gasteiger partial charge in [0.2, 0.25) is 0 Å². The third-order valence-electron chi connectivity index (χ3n) is 5.09. The first-order valence-corrected chi connectivity index (χ1v) is 7.39. The van der Waals surface area contributed by atoms with Gasteiger partial charge in [-0.15, -0.1) is 0 Å². The van der Waals surface area contributed by atoms with E-state index in [-0.39, 0.29) is 0 Å². The molecule has 4 fully saturated rings. The van der Waals surface area contributed by atoms with Gasteiger partial charge in [-0.1, -0.05) is 0 Å². The summed E-state index contributed by atoms with van der Waals surface area (Å²) >= 11 is 0. The highest BCUT2D eigenvalue weighted by Gasteiger charge is 2.36. The van der Waals surface area contributed by atoms with Gasteiger partial charge >= 0.3 is 0 Å². The summed E-state index contributed by atoms with van der Waals surface area (Å²) in [7, 11) is 0. The molecule has 4 heteroatoms. The van der Waals surface area contributed by atoms with Crippen LogP contribution < -0.4 is 5.32 Å². The lowest BCUT2D eigenvalue weighted by molar-refractivity contribution is 0.0552. The van der Waals surface area contributed by atoms with Crippen LogP contribution in [-0.2, 0) is 0 Å². The van der Waals surface area contributed by atoms with Crippen LogP contribution in [0.5, 0.6) is 0 Å². The predicted octanol–water partition coefficient (Wildman–Crippen LogP) is 1.57. The van der Waals surface area contributed by atoms with E-state index in [1.54, 1.807) is 0 Å². The molecular weight excluding hydrogens is 224 g/mol. The Bertz CT molecular complexity index is 413. The molecule has 4 aliphatic heterocycles. The summed E-state index contributed by atoms with van der Waals surface area (Å²) in [4.78, 5) is 7.05. The van der Waals surface area contributed by atoms with Crippen LogP contribution >= 0.6 is 0 Å². The normalized spacial score (nSPS) is 39.3. The van der Waals surface area contributed by atoms with Crippen molar-refractivity contribution in [1.29, 1.82) is 0 Å². The van der Waals surface area contributed by atoms with E-state index in [1.165, 1.54) is 51.0 Å². The fourth-order valence-corrected chi connectivity index (χ4v) is 4.05. The Kier molecular flexibility index (Phi) is 2.66. The summed E-state index contributed by atoms with van der Waals surface area (Å²) in [5.74, 6) is 0.879. The van der Waals surface area contributed by atoms with Gasteiger partial charge in [0.05, 0.1) is 18.1 Å². The van der Waals surface area contributed by atoms with Crippen LogP contribution in [0.25, 0.3) is 0 Å². The Hall–Kier alpha value is -0.870. The van der Waals surface area contributed by atoms with Crippen molar-refractivity contribution in [2.75, 3.05) is 26.2 Å². The molecule has 4 nitrogen and oxygen atoms in total. The molecule has 98 valence electrons. The highest BCUT2D eigenvalue weighted by Crippen LogP contribution is 2.37. The van der Waals surface area contributed by atoms with Crippen molar-refractivity contribution in [3.05, 3.63) is 18.2 Å². The number of hydrogen-bond acceptors (Lipinski definition) is 3. The zero-order chi connectivity index (χ0) is 11.9. The van der Waals surface area contributed by atoms with Crippen LogP contribution in [0.4, 0.5) is 0 Å². The van der Waals surface area contributed by atoms with Gasteiger partial charge in [0, 0.05) is 18.8 Å². The second-order valence-electron chi connectivity index (χ2n) is 6.08. The number of imidazole rings is 1. The Morgan fingerprint density at radius 2 is 2.11 bits per heavy atom. The van der Waals surface area contributed by atoms with Gasteiger partial charge in [-0.3, -0.25) is 0 Å². The van der Waals surface area contributed by atoms with E-state index in [9.17, 15) is 0 Å². The summed E-state index contributed by atoms with van der Waals surface area (Å²) in [5, 5.41) is 3.61. The zero-order valence-electron chi connectivity index (χ0n) is 10.9. The number of piperidine rings is 3. The van der Waals surface area contributed by atoms with Gasteiger partial charge in [-0.25, -0.2) is 4.98 Å². The van der Waals surface area contributed by atoms with Crippen molar-refractivity contribution < 1.29 is 0 Å². The molecular formula is C14H22N4. The van der Waals surface area contributed by atoms with E-state index in [4.69, 9.17) is 0 Å². The maximum atomic E-state index is 4.43. The number of fused-ring (bicyclic) bond motifs is 3. The fraction of sp³-hybridized carbons (Fsp3) is 0.786. The van der Waals surface area contributed by atoms with Crippen molar-refractivity contribution in [3.8, 4) is 0 Å². The van der Waals surface area contributed by atoms with Crippen LogP contribution in [0.2, 0.25) is 0 Å². The molecule has 0 saturated carbocycles. The number of aromatic nitrogens is 2. The fourth-order valence-electron chi connectivity index (χ4n) is 4.05. The second-order valence-corrected chi connectivity index (χ2v) is 6.08. The summed E-state index contributed by atoms with van der Waals surface area (Å²) in [6, 6.07) is 1.22. The molecule has 0 aliphatic carbocycles. The minimum Gasteiger partial charge on any atom is -0.328 e. The van der Waals surface area contributed by atoms with E-state index in [1.807, 2.05) is 0 Å². The van der Waals surface area contributed by atoms with Gasteiger partial charge in [0.1, 0.15) is 0 Å². The topological polar surface area (TPSA) is 33.1 Å². The van der Waals surface area contributed by atoms with Gasteiger partial charge in [-0.2, -0.15) is 0 Å². The summed E-state index contributed by atoms with van der Waals surface area (Å²) < 4.78 is 2.49. The first-order valence-electron chi connectivity index (χ1n) is 7.39. The Labute approximate surface area is 108 Å². The molecule has 0 aromatic carbocycles. The monoisotopic (exact) mass is 246 g/mol. The van der Waals surface area contributed by atoms with Gasteiger partial charge < -0.3 is 14.8 Å². The Morgan fingerprint density at radius 3 is 2.78 bits per heavy atom. The van der Waals surface area contributed by atoms with E-state index in [0.29, 0.717) is 12.1 Å². The quantitative estimate of drug-likeness (QED) is 0.860. The van der Waals surface area contributed by atoms with Crippen LogP contribution in [0, 0.1) is 5.92 Å². The molecule has 18 heavy (non-hydrogen) atoms. The Morgan fingerprint density at radius 1 is 1.22 bits per heavy atom. The average molecular weight is 246 g/mol. The number of nitrogens with zero attached hydrogens (tertiary/aromatic N) is 3. The third-order valence-corrected chi connectivity index (χ3v) is 5.09. The molecule has 2 atom stereocenters.